The maximum atomic E-state index is 13.0. The first-order valence-corrected chi connectivity index (χ1v) is 7.88. The van der Waals surface area contributed by atoms with Crippen molar-refractivity contribution in [2.75, 3.05) is 7.11 Å². The Bertz CT molecular complexity index is 730. The van der Waals surface area contributed by atoms with Crippen LogP contribution in [0.3, 0.4) is 0 Å². The highest BCUT2D eigenvalue weighted by molar-refractivity contribution is 5.78. The van der Waals surface area contributed by atoms with Crippen molar-refractivity contribution in [2.45, 2.75) is 25.3 Å². The topological polar surface area (TPSA) is 75.6 Å². The molecule has 0 fully saturated rings. The fourth-order valence-corrected chi connectivity index (χ4v) is 2.55. The number of benzene rings is 2. The summed E-state index contributed by atoms with van der Waals surface area (Å²) in [6, 6.07) is 12.1. The number of methoxy groups -OCH3 is 1. The van der Waals surface area contributed by atoms with Crippen molar-refractivity contribution in [3.8, 4) is 5.75 Å². The van der Waals surface area contributed by atoms with Gasteiger partial charge in [0.15, 0.2) is 0 Å². The molecule has 0 aliphatic carbocycles. The van der Waals surface area contributed by atoms with Gasteiger partial charge in [0, 0.05) is 6.42 Å². The molecule has 0 bridgehead atoms. The molecular formula is C19H20FNO4. The number of carboxylic acid groups (broad SMARTS) is 1. The van der Waals surface area contributed by atoms with Crippen molar-refractivity contribution in [1.82, 2.24) is 5.32 Å². The van der Waals surface area contributed by atoms with Gasteiger partial charge in [-0.05, 0) is 35.7 Å². The minimum Gasteiger partial charge on any atom is -0.496 e. The molecule has 0 aromatic heterocycles. The van der Waals surface area contributed by atoms with Gasteiger partial charge in [0.2, 0.25) is 5.91 Å². The number of carbonyl (C=O) groups excluding carboxylic acids is 1. The molecular weight excluding hydrogens is 325 g/mol. The summed E-state index contributed by atoms with van der Waals surface area (Å²) in [5, 5.41) is 11.8. The number of aryl methyl sites for hydroxylation is 1. The molecule has 6 heteroatoms. The first kappa shape index (κ1) is 18.4. The molecule has 0 heterocycles. The number of rotatable bonds is 8. The van der Waals surface area contributed by atoms with E-state index in [1.54, 1.807) is 7.11 Å². The van der Waals surface area contributed by atoms with Crippen LogP contribution in [-0.4, -0.2) is 24.1 Å². The Kier molecular flexibility index (Phi) is 6.51. The lowest BCUT2D eigenvalue weighted by atomic mass is 10.0. The summed E-state index contributed by atoms with van der Waals surface area (Å²) in [5.74, 6) is -1.03. The third-order valence-electron chi connectivity index (χ3n) is 3.80. The summed E-state index contributed by atoms with van der Waals surface area (Å²) < 4.78 is 18.3. The molecule has 0 saturated heterocycles. The second kappa shape index (κ2) is 8.82. The number of hydrogen-bond donors (Lipinski definition) is 2. The van der Waals surface area contributed by atoms with Crippen LogP contribution in [0.5, 0.6) is 5.75 Å². The first-order valence-electron chi connectivity index (χ1n) is 7.88. The van der Waals surface area contributed by atoms with E-state index < -0.39 is 17.8 Å². The zero-order valence-corrected chi connectivity index (χ0v) is 13.9. The van der Waals surface area contributed by atoms with Crippen molar-refractivity contribution in [1.29, 1.82) is 0 Å². The molecule has 2 rings (SSSR count). The van der Waals surface area contributed by atoms with Crippen LogP contribution in [0.4, 0.5) is 4.39 Å². The number of ether oxygens (including phenoxy) is 1. The maximum absolute atomic E-state index is 13.0. The normalized spacial score (nSPS) is 11.6. The predicted octanol–water partition coefficient (Wildman–Crippen LogP) is 3.10. The molecule has 1 unspecified atom stereocenters. The Balaban J connectivity index is 2.01. The van der Waals surface area contributed by atoms with Crippen LogP contribution in [0.15, 0.2) is 48.5 Å². The number of nitrogens with one attached hydrogen (secondary N) is 1. The summed E-state index contributed by atoms with van der Waals surface area (Å²) in [6.45, 7) is 0. The van der Waals surface area contributed by atoms with Crippen molar-refractivity contribution in [3.63, 3.8) is 0 Å². The summed E-state index contributed by atoms with van der Waals surface area (Å²) in [5.41, 5.74) is 1.45. The summed E-state index contributed by atoms with van der Waals surface area (Å²) in [6.07, 6.45) is 0.392. The van der Waals surface area contributed by atoms with Crippen molar-refractivity contribution in [2.24, 2.45) is 0 Å². The molecule has 2 aromatic rings. The van der Waals surface area contributed by atoms with Crippen LogP contribution in [-0.2, 0) is 16.0 Å². The zero-order chi connectivity index (χ0) is 18.2. The van der Waals surface area contributed by atoms with Gasteiger partial charge in [-0.1, -0.05) is 30.3 Å². The average Bonchev–Trinajstić information content (AvgIpc) is 2.60. The molecule has 0 aliphatic heterocycles. The second-order valence-corrected chi connectivity index (χ2v) is 5.58. The van der Waals surface area contributed by atoms with Gasteiger partial charge < -0.3 is 15.2 Å². The van der Waals surface area contributed by atoms with Crippen LogP contribution < -0.4 is 10.1 Å². The minimum absolute atomic E-state index is 0.192. The quantitative estimate of drug-likeness (QED) is 0.771. The molecule has 0 saturated carbocycles. The average molecular weight is 345 g/mol. The SMILES string of the molecule is COc1ccccc1CCC(=O)NC(CC(=O)O)c1ccc(F)cc1. The van der Waals surface area contributed by atoms with E-state index in [2.05, 4.69) is 5.32 Å². The number of halogens is 1. The molecule has 0 aliphatic rings. The van der Waals surface area contributed by atoms with Gasteiger partial charge in [-0.2, -0.15) is 0 Å². The van der Waals surface area contributed by atoms with E-state index in [9.17, 15) is 14.0 Å². The first-order chi connectivity index (χ1) is 12.0. The second-order valence-electron chi connectivity index (χ2n) is 5.58. The van der Waals surface area contributed by atoms with Crippen molar-refractivity contribution >= 4 is 11.9 Å². The van der Waals surface area contributed by atoms with Gasteiger partial charge in [-0.15, -0.1) is 0 Å². The van der Waals surface area contributed by atoms with Gasteiger partial charge in [-0.25, -0.2) is 4.39 Å². The summed E-state index contributed by atoms with van der Waals surface area (Å²) in [7, 11) is 1.57. The molecule has 0 radical (unpaired) electrons. The Morgan fingerprint density at radius 3 is 2.48 bits per heavy atom. The van der Waals surface area contributed by atoms with Crippen molar-refractivity contribution in [3.05, 3.63) is 65.5 Å². The van der Waals surface area contributed by atoms with Crippen LogP contribution in [0.25, 0.3) is 0 Å². The lowest BCUT2D eigenvalue weighted by molar-refractivity contribution is -0.137. The van der Waals surface area contributed by atoms with Crippen LogP contribution >= 0.6 is 0 Å². The lowest BCUT2D eigenvalue weighted by Gasteiger charge is -2.18. The molecule has 132 valence electrons. The van der Waals surface area contributed by atoms with Crippen LogP contribution in [0.2, 0.25) is 0 Å². The van der Waals surface area contributed by atoms with Crippen LogP contribution in [0, 0.1) is 5.82 Å². The largest absolute Gasteiger partial charge is 0.496 e. The molecule has 1 atom stereocenters. The number of amides is 1. The number of para-hydroxylation sites is 1. The molecule has 2 aromatic carbocycles. The zero-order valence-electron chi connectivity index (χ0n) is 13.9. The van der Waals surface area contributed by atoms with E-state index in [1.807, 2.05) is 24.3 Å². The fraction of sp³-hybridized carbons (Fsp3) is 0.263. The van der Waals surface area contributed by atoms with E-state index in [0.717, 1.165) is 5.56 Å². The smallest absolute Gasteiger partial charge is 0.305 e. The van der Waals surface area contributed by atoms with Crippen LogP contribution in [0.1, 0.15) is 30.0 Å². The van der Waals surface area contributed by atoms with E-state index in [-0.39, 0.29) is 18.7 Å². The van der Waals surface area contributed by atoms with Gasteiger partial charge in [0.05, 0.1) is 19.6 Å². The third-order valence-corrected chi connectivity index (χ3v) is 3.80. The Morgan fingerprint density at radius 1 is 1.16 bits per heavy atom. The Labute approximate surface area is 145 Å². The van der Waals surface area contributed by atoms with E-state index in [4.69, 9.17) is 9.84 Å². The van der Waals surface area contributed by atoms with E-state index >= 15 is 0 Å². The highest BCUT2D eigenvalue weighted by atomic mass is 19.1. The monoisotopic (exact) mass is 345 g/mol. The Hall–Kier alpha value is -2.89. The highest BCUT2D eigenvalue weighted by Gasteiger charge is 2.18. The minimum atomic E-state index is -1.04. The summed E-state index contributed by atoms with van der Waals surface area (Å²) >= 11 is 0. The highest BCUT2D eigenvalue weighted by Crippen LogP contribution is 2.20. The number of hydrogen-bond acceptors (Lipinski definition) is 3. The molecule has 2 N–H and O–H groups in total. The standard InChI is InChI=1S/C19H20FNO4/c1-25-17-5-3-2-4-14(17)8-11-18(22)21-16(12-19(23)24)13-6-9-15(20)10-7-13/h2-7,9-10,16H,8,11-12H2,1H3,(H,21,22)(H,23,24). The molecule has 1 amide bonds. The van der Waals surface area contributed by atoms with Gasteiger partial charge in [-0.3, -0.25) is 9.59 Å². The maximum Gasteiger partial charge on any atom is 0.305 e. The number of aliphatic carboxylic acids is 1. The lowest BCUT2D eigenvalue weighted by Crippen LogP contribution is -2.30. The molecule has 25 heavy (non-hydrogen) atoms. The third kappa shape index (κ3) is 5.60. The number of carbonyl (C=O) groups is 2. The summed E-state index contributed by atoms with van der Waals surface area (Å²) in [4.78, 5) is 23.3. The van der Waals surface area contributed by atoms with E-state index in [0.29, 0.717) is 17.7 Å². The van der Waals surface area contributed by atoms with E-state index in [1.165, 1.54) is 24.3 Å². The number of carboxylic acids is 1. The molecule has 0 spiro atoms. The fourth-order valence-electron chi connectivity index (χ4n) is 2.55. The van der Waals surface area contributed by atoms with Gasteiger partial charge >= 0.3 is 5.97 Å². The van der Waals surface area contributed by atoms with Gasteiger partial charge in [0.25, 0.3) is 0 Å². The van der Waals surface area contributed by atoms with Gasteiger partial charge in [0.1, 0.15) is 11.6 Å². The Morgan fingerprint density at radius 2 is 1.84 bits per heavy atom. The van der Waals surface area contributed by atoms with Crippen molar-refractivity contribution < 1.29 is 23.8 Å². The molecule has 5 nitrogen and oxygen atoms in total. The predicted molar refractivity (Wildman–Crippen MR) is 90.9 cm³/mol.